The lowest BCUT2D eigenvalue weighted by atomic mass is 10.1. The zero-order valence-corrected chi connectivity index (χ0v) is 13.9. The maximum absolute atomic E-state index is 9.44. The first-order valence-corrected chi connectivity index (χ1v) is 6.88. The SMILES string of the molecule is C1CCOC1.CC(C)(C#N)N=NC(C)(C)C#N.CC(C)=O. The predicted octanol–water partition coefficient (Wildman–Crippen LogP) is 3.44. The molecule has 6 heteroatoms. The normalized spacial score (nSPS) is 14.1. The van der Waals surface area contributed by atoms with Crippen LogP contribution in [-0.4, -0.2) is 30.1 Å². The van der Waals surface area contributed by atoms with Crippen molar-refractivity contribution >= 4 is 5.78 Å². The summed E-state index contributed by atoms with van der Waals surface area (Å²) in [5.74, 6) is 0.167. The monoisotopic (exact) mass is 294 g/mol. The highest BCUT2D eigenvalue weighted by molar-refractivity contribution is 5.72. The number of hydrogen-bond acceptors (Lipinski definition) is 6. The van der Waals surface area contributed by atoms with Gasteiger partial charge in [-0.25, -0.2) is 0 Å². The van der Waals surface area contributed by atoms with Gasteiger partial charge in [0.1, 0.15) is 5.78 Å². The van der Waals surface area contributed by atoms with E-state index in [1.165, 1.54) is 26.7 Å². The van der Waals surface area contributed by atoms with Gasteiger partial charge in [-0.15, -0.1) is 0 Å². The molecule has 0 unspecified atom stereocenters. The molecule has 6 nitrogen and oxygen atoms in total. The Hall–Kier alpha value is -1.79. The summed E-state index contributed by atoms with van der Waals surface area (Å²) in [7, 11) is 0. The summed E-state index contributed by atoms with van der Waals surface area (Å²) in [6.07, 6.45) is 2.56. The maximum atomic E-state index is 9.44. The summed E-state index contributed by atoms with van der Waals surface area (Å²) in [5.41, 5.74) is -1.68. The molecule has 0 N–H and O–H groups in total. The Morgan fingerprint density at radius 2 is 1.24 bits per heavy atom. The molecule has 21 heavy (non-hydrogen) atoms. The van der Waals surface area contributed by atoms with Crippen molar-refractivity contribution in [2.24, 2.45) is 10.2 Å². The molecule has 0 saturated carbocycles. The van der Waals surface area contributed by atoms with Crippen LogP contribution in [0.25, 0.3) is 0 Å². The van der Waals surface area contributed by atoms with E-state index in [2.05, 4.69) is 10.2 Å². The lowest BCUT2D eigenvalue weighted by Gasteiger charge is -2.11. The molecule has 1 aliphatic rings. The first-order chi connectivity index (χ1) is 9.56. The Labute approximate surface area is 127 Å². The third kappa shape index (κ3) is 18.2. The summed E-state index contributed by atoms with van der Waals surface area (Å²) in [6.45, 7) is 11.6. The van der Waals surface area contributed by atoms with Gasteiger partial charge >= 0.3 is 0 Å². The molecule has 1 aliphatic heterocycles. The van der Waals surface area contributed by atoms with Crippen molar-refractivity contribution in [3.63, 3.8) is 0 Å². The van der Waals surface area contributed by atoms with Crippen molar-refractivity contribution in [3.05, 3.63) is 0 Å². The lowest BCUT2D eigenvalue weighted by Crippen LogP contribution is -2.17. The van der Waals surface area contributed by atoms with Crippen molar-refractivity contribution < 1.29 is 9.53 Å². The van der Waals surface area contributed by atoms with E-state index < -0.39 is 11.1 Å². The summed E-state index contributed by atoms with van der Waals surface area (Å²) in [4.78, 5) is 9.44. The molecule has 1 fully saturated rings. The first kappa shape index (κ1) is 21.5. The van der Waals surface area contributed by atoms with Gasteiger partial charge in [0, 0.05) is 13.2 Å². The molecule has 0 aliphatic carbocycles. The molecule has 0 atom stereocenters. The minimum atomic E-state index is -0.839. The van der Waals surface area contributed by atoms with Gasteiger partial charge in [-0.05, 0) is 54.4 Å². The molecule has 0 aromatic carbocycles. The van der Waals surface area contributed by atoms with Gasteiger partial charge in [0.15, 0.2) is 11.1 Å². The standard InChI is InChI=1S/C8H12N4.C4H8O.C3H6O/c1-7(2,5-9)11-12-8(3,4)6-10;1-2-4-5-3-1;1-3(2)4/h1-4H3;1-4H2;1-2H3. The molecular formula is C15H26N4O2. The van der Waals surface area contributed by atoms with Crippen molar-refractivity contribution in [3.8, 4) is 12.1 Å². The van der Waals surface area contributed by atoms with Crippen LogP contribution in [-0.2, 0) is 9.53 Å². The highest BCUT2D eigenvalue weighted by Crippen LogP contribution is 2.13. The van der Waals surface area contributed by atoms with E-state index in [0.717, 1.165) is 13.2 Å². The Bertz CT molecular complexity index is 371. The van der Waals surface area contributed by atoms with E-state index >= 15 is 0 Å². The van der Waals surface area contributed by atoms with E-state index in [4.69, 9.17) is 15.3 Å². The first-order valence-electron chi connectivity index (χ1n) is 6.88. The molecule has 1 heterocycles. The lowest BCUT2D eigenvalue weighted by molar-refractivity contribution is -0.114. The van der Waals surface area contributed by atoms with Crippen LogP contribution < -0.4 is 0 Å². The van der Waals surface area contributed by atoms with Crippen molar-refractivity contribution in [2.75, 3.05) is 13.2 Å². The minimum Gasteiger partial charge on any atom is -0.381 e. The fourth-order valence-corrected chi connectivity index (χ4v) is 0.805. The summed E-state index contributed by atoms with van der Waals surface area (Å²) in [6, 6.07) is 3.94. The van der Waals surface area contributed by atoms with Crippen LogP contribution in [0.15, 0.2) is 10.2 Å². The number of hydrogen-bond donors (Lipinski definition) is 0. The van der Waals surface area contributed by atoms with Crippen LogP contribution in [0.1, 0.15) is 54.4 Å². The van der Waals surface area contributed by atoms with Gasteiger partial charge in [0.2, 0.25) is 0 Å². The van der Waals surface area contributed by atoms with Crippen LogP contribution >= 0.6 is 0 Å². The quantitative estimate of drug-likeness (QED) is 0.728. The topological polar surface area (TPSA) is 98.6 Å². The van der Waals surface area contributed by atoms with Crippen LogP contribution in [0.2, 0.25) is 0 Å². The fourth-order valence-electron chi connectivity index (χ4n) is 0.805. The molecular weight excluding hydrogens is 268 g/mol. The van der Waals surface area contributed by atoms with Gasteiger partial charge < -0.3 is 9.53 Å². The molecule has 0 radical (unpaired) electrons. The summed E-state index contributed by atoms with van der Waals surface area (Å²) in [5, 5.41) is 24.7. The second-order valence-corrected chi connectivity index (χ2v) is 5.77. The van der Waals surface area contributed by atoms with Gasteiger partial charge in [-0.1, -0.05) is 0 Å². The van der Waals surface area contributed by atoms with E-state index in [1.807, 2.05) is 12.1 Å². The number of azo groups is 1. The number of ketones is 1. The van der Waals surface area contributed by atoms with Crippen molar-refractivity contribution in [1.29, 1.82) is 10.5 Å². The van der Waals surface area contributed by atoms with E-state index in [9.17, 15) is 4.79 Å². The van der Waals surface area contributed by atoms with Crippen LogP contribution in [0.5, 0.6) is 0 Å². The van der Waals surface area contributed by atoms with Crippen molar-refractivity contribution in [1.82, 2.24) is 0 Å². The Morgan fingerprint density at radius 1 is 0.952 bits per heavy atom. The van der Waals surface area contributed by atoms with E-state index in [0.29, 0.717) is 0 Å². The smallest absolute Gasteiger partial charge is 0.162 e. The van der Waals surface area contributed by atoms with Crippen LogP contribution in [0, 0.1) is 22.7 Å². The van der Waals surface area contributed by atoms with Gasteiger partial charge in [-0.3, -0.25) is 0 Å². The van der Waals surface area contributed by atoms with Gasteiger partial charge in [-0.2, -0.15) is 20.8 Å². The van der Waals surface area contributed by atoms with E-state index in [-0.39, 0.29) is 5.78 Å². The summed E-state index contributed by atoms with van der Waals surface area (Å²) >= 11 is 0. The Morgan fingerprint density at radius 3 is 1.38 bits per heavy atom. The zero-order valence-electron chi connectivity index (χ0n) is 13.9. The highest BCUT2D eigenvalue weighted by atomic mass is 16.5. The van der Waals surface area contributed by atoms with E-state index in [1.54, 1.807) is 27.7 Å². The van der Waals surface area contributed by atoms with Gasteiger partial charge in [0.25, 0.3) is 0 Å². The maximum Gasteiger partial charge on any atom is 0.162 e. The fraction of sp³-hybridized carbons (Fsp3) is 0.800. The molecule has 0 aromatic rings. The Balaban J connectivity index is 0. The third-order valence-corrected chi connectivity index (χ3v) is 1.92. The average Bonchev–Trinajstić information content (AvgIpc) is 2.95. The number of Topliss-reactive ketones (excluding diaryl/α,β-unsaturated/α-hetero) is 1. The second kappa shape index (κ2) is 10.9. The zero-order chi connectivity index (χ0) is 16.9. The third-order valence-electron chi connectivity index (χ3n) is 1.92. The molecule has 0 aromatic heterocycles. The average molecular weight is 294 g/mol. The number of nitrogens with zero attached hydrogens (tertiary/aromatic N) is 4. The van der Waals surface area contributed by atoms with Gasteiger partial charge in [0.05, 0.1) is 12.1 Å². The van der Waals surface area contributed by atoms with Crippen LogP contribution in [0.4, 0.5) is 0 Å². The van der Waals surface area contributed by atoms with Crippen molar-refractivity contribution in [2.45, 2.75) is 65.5 Å². The Kier molecular flexibility index (Phi) is 11.2. The number of rotatable bonds is 2. The number of carbonyl (C=O) groups excluding carboxylic acids is 1. The molecule has 0 spiro atoms. The molecule has 1 saturated heterocycles. The number of nitriles is 2. The minimum absolute atomic E-state index is 0.167. The molecule has 118 valence electrons. The van der Waals surface area contributed by atoms with Crippen LogP contribution in [0.3, 0.4) is 0 Å². The molecule has 0 bridgehead atoms. The molecule has 0 amide bonds. The second-order valence-electron chi connectivity index (χ2n) is 5.77. The number of ether oxygens (including phenoxy) is 1. The summed E-state index contributed by atoms with van der Waals surface area (Å²) < 4.78 is 4.94. The highest BCUT2D eigenvalue weighted by Gasteiger charge is 2.19. The number of carbonyl (C=O) groups is 1. The largest absolute Gasteiger partial charge is 0.381 e. The predicted molar refractivity (Wildman–Crippen MR) is 80.6 cm³/mol. The molecule has 1 rings (SSSR count).